The number of carboxylic acid groups (broad SMARTS) is 1. The van der Waals surface area contributed by atoms with Gasteiger partial charge in [0.2, 0.25) is 5.69 Å². The van der Waals surface area contributed by atoms with Gasteiger partial charge in [-0.05, 0) is 24.3 Å². The van der Waals surface area contributed by atoms with Crippen LogP contribution < -0.4 is 5.56 Å². The molecule has 2 aromatic rings. The van der Waals surface area contributed by atoms with Crippen LogP contribution in [0.1, 0.15) is 10.5 Å². The van der Waals surface area contributed by atoms with E-state index in [0.29, 0.717) is 5.69 Å². The van der Waals surface area contributed by atoms with Crippen LogP contribution in [0, 0.1) is 0 Å². The number of hydrogen-bond acceptors (Lipinski definition) is 3. The van der Waals surface area contributed by atoms with Crippen molar-refractivity contribution in [2.75, 3.05) is 0 Å². The average Bonchev–Trinajstić information content (AvgIpc) is 2.30. The van der Waals surface area contributed by atoms with Gasteiger partial charge in [-0.15, -0.1) is 0 Å². The molecule has 0 amide bonds. The van der Waals surface area contributed by atoms with E-state index in [9.17, 15) is 9.59 Å². The fraction of sp³-hybridized carbons (Fsp3) is 0. The topological polar surface area (TPSA) is 72.2 Å². The molecule has 1 aromatic heterocycles. The number of hydrogen-bond donors (Lipinski definition) is 1. The first-order valence-electron chi connectivity index (χ1n) is 4.66. The smallest absolute Gasteiger partial charge is 0.360 e. The molecular weight excluding hydrogens is 288 g/mol. The maximum Gasteiger partial charge on any atom is 0.360 e. The Kier molecular flexibility index (Phi) is 3.06. The summed E-state index contributed by atoms with van der Waals surface area (Å²) >= 11 is 3.28. The Morgan fingerprint density at radius 1 is 1.29 bits per heavy atom. The molecule has 1 N–H and O–H groups in total. The number of halogens is 1. The minimum atomic E-state index is -1.33. The van der Waals surface area contributed by atoms with Crippen molar-refractivity contribution in [2.24, 2.45) is 0 Å². The van der Waals surface area contributed by atoms with Crippen LogP contribution in [0.4, 0.5) is 0 Å². The third kappa shape index (κ3) is 2.26. The quantitative estimate of drug-likeness (QED) is 0.915. The van der Waals surface area contributed by atoms with Crippen LogP contribution in [0.25, 0.3) is 5.69 Å². The minimum absolute atomic E-state index is 0.490. The zero-order chi connectivity index (χ0) is 12.4. The lowest BCUT2D eigenvalue weighted by molar-refractivity contribution is 0.0688. The Morgan fingerprint density at radius 2 is 1.94 bits per heavy atom. The van der Waals surface area contributed by atoms with Crippen molar-refractivity contribution in [3.63, 3.8) is 0 Å². The average molecular weight is 295 g/mol. The first-order valence-corrected chi connectivity index (χ1v) is 5.46. The second kappa shape index (κ2) is 4.50. The van der Waals surface area contributed by atoms with Gasteiger partial charge in [-0.25, -0.2) is 9.78 Å². The second-order valence-electron chi connectivity index (χ2n) is 3.23. The van der Waals surface area contributed by atoms with E-state index in [-0.39, 0.29) is 0 Å². The number of carboxylic acids is 1. The molecule has 0 spiro atoms. The van der Waals surface area contributed by atoms with E-state index in [1.807, 2.05) is 0 Å². The van der Waals surface area contributed by atoms with Gasteiger partial charge >= 0.3 is 5.97 Å². The fourth-order valence-corrected chi connectivity index (χ4v) is 1.63. The summed E-state index contributed by atoms with van der Waals surface area (Å²) in [4.78, 5) is 26.1. The predicted octanol–water partition coefficient (Wildman–Crippen LogP) is 1.69. The van der Waals surface area contributed by atoms with E-state index in [1.165, 1.54) is 17.0 Å². The first-order chi connectivity index (χ1) is 8.09. The number of rotatable bonds is 2. The van der Waals surface area contributed by atoms with Crippen molar-refractivity contribution >= 4 is 21.9 Å². The molecule has 0 fully saturated rings. The molecule has 86 valence electrons. The van der Waals surface area contributed by atoms with E-state index in [0.717, 1.165) is 4.47 Å². The van der Waals surface area contributed by atoms with Crippen molar-refractivity contribution in [1.82, 2.24) is 9.55 Å². The lowest BCUT2D eigenvalue weighted by Gasteiger charge is -2.05. The number of benzene rings is 1. The molecule has 1 aromatic carbocycles. The summed E-state index contributed by atoms with van der Waals surface area (Å²) in [6.45, 7) is 0. The summed E-state index contributed by atoms with van der Waals surface area (Å²) in [6, 6.07) is 6.94. The Hall–Kier alpha value is -1.95. The molecule has 17 heavy (non-hydrogen) atoms. The Morgan fingerprint density at radius 3 is 2.53 bits per heavy atom. The van der Waals surface area contributed by atoms with E-state index >= 15 is 0 Å². The molecule has 0 aliphatic heterocycles. The Labute approximate surface area is 104 Å². The zero-order valence-electron chi connectivity index (χ0n) is 8.50. The van der Waals surface area contributed by atoms with Crippen LogP contribution in [0.3, 0.4) is 0 Å². The predicted molar refractivity (Wildman–Crippen MR) is 64.5 cm³/mol. The highest BCUT2D eigenvalue weighted by Gasteiger charge is 2.12. The molecule has 0 saturated heterocycles. The minimum Gasteiger partial charge on any atom is -0.476 e. The molecule has 2 rings (SSSR count). The molecule has 0 saturated carbocycles. The number of aromatic carboxylic acids is 1. The van der Waals surface area contributed by atoms with Crippen LogP contribution in [-0.2, 0) is 0 Å². The molecule has 0 bridgehead atoms. The molecule has 1 heterocycles. The SMILES string of the molecule is O=C(O)c1nccn(-c2ccc(Br)cc2)c1=O. The molecule has 6 heteroatoms. The third-order valence-electron chi connectivity index (χ3n) is 2.15. The highest BCUT2D eigenvalue weighted by molar-refractivity contribution is 9.10. The summed E-state index contributed by atoms with van der Waals surface area (Å²) in [5.41, 5.74) is -0.555. The summed E-state index contributed by atoms with van der Waals surface area (Å²) in [7, 11) is 0. The lowest BCUT2D eigenvalue weighted by Crippen LogP contribution is -2.26. The lowest BCUT2D eigenvalue weighted by atomic mass is 10.3. The van der Waals surface area contributed by atoms with Gasteiger partial charge in [0.05, 0.1) is 0 Å². The summed E-state index contributed by atoms with van der Waals surface area (Å²) in [6.07, 6.45) is 2.71. The molecule has 5 nitrogen and oxygen atoms in total. The molecule has 0 unspecified atom stereocenters. The molecule has 0 aliphatic carbocycles. The van der Waals surface area contributed by atoms with Crippen LogP contribution >= 0.6 is 15.9 Å². The Bertz CT molecular complexity index is 619. The van der Waals surface area contributed by atoms with Crippen molar-refractivity contribution < 1.29 is 9.90 Å². The van der Waals surface area contributed by atoms with Gasteiger partial charge in [-0.3, -0.25) is 9.36 Å². The highest BCUT2D eigenvalue weighted by atomic mass is 79.9. The number of nitrogens with zero attached hydrogens (tertiary/aromatic N) is 2. The van der Waals surface area contributed by atoms with Crippen LogP contribution in [-0.4, -0.2) is 20.6 Å². The third-order valence-corrected chi connectivity index (χ3v) is 2.68. The Balaban J connectivity index is 2.61. The highest BCUT2D eigenvalue weighted by Crippen LogP contribution is 2.12. The first kappa shape index (κ1) is 11.5. The zero-order valence-corrected chi connectivity index (χ0v) is 10.1. The normalized spacial score (nSPS) is 10.2. The molecule has 0 radical (unpaired) electrons. The molecule has 0 atom stereocenters. The van der Waals surface area contributed by atoms with Gasteiger partial charge in [-0.1, -0.05) is 15.9 Å². The summed E-state index contributed by atoms with van der Waals surface area (Å²) in [5, 5.41) is 8.80. The maximum atomic E-state index is 11.8. The second-order valence-corrected chi connectivity index (χ2v) is 4.15. The number of aromatic nitrogens is 2. The van der Waals surface area contributed by atoms with Crippen molar-refractivity contribution in [3.8, 4) is 5.69 Å². The van der Waals surface area contributed by atoms with Gasteiger partial charge < -0.3 is 5.11 Å². The largest absolute Gasteiger partial charge is 0.476 e. The van der Waals surface area contributed by atoms with E-state index in [4.69, 9.17) is 5.11 Å². The van der Waals surface area contributed by atoms with Gasteiger partial charge in [0.15, 0.2) is 0 Å². The monoisotopic (exact) mass is 294 g/mol. The van der Waals surface area contributed by atoms with Gasteiger partial charge in [0, 0.05) is 22.6 Å². The van der Waals surface area contributed by atoms with Crippen LogP contribution in [0.2, 0.25) is 0 Å². The van der Waals surface area contributed by atoms with Gasteiger partial charge in [0.1, 0.15) is 0 Å². The van der Waals surface area contributed by atoms with Gasteiger partial charge in [0.25, 0.3) is 5.56 Å². The van der Waals surface area contributed by atoms with E-state index < -0.39 is 17.2 Å². The fourth-order valence-electron chi connectivity index (χ4n) is 1.36. The molecular formula is C11H7BrN2O3. The molecule has 0 aliphatic rings. The summed E-state index contributed by atoms with van der Waals surface area (Å²) < 4.78 is 2.12. The van der Waals surface area contributed by atoms with Crippen LogP contribution in [0.5, 0.6) is 0 Å². The van der Waals surface area contributed by atoms with Crippen LogP contribution in [0.15, 0.2) is 45.9 Å². The van der Waals surface area contributed by atoms with Crippen molar-refractivity contribution in [3.05, 3.63) is 57.2 Å². The number of carbonyl (C=O) groups is 1. The summed E-state index contributed by atoms with van der Waals surface area (Å²) in [5.74, 6) is -1.33. The van der Waals surface area contributed by atoms with E-state index in [1.54, 1.807) is 24.3 Å². The van der Waals surface area contributed by atoms with E-state index in [2.05, 4.69) is 20.9 Å². The standard InChI is InChI=1S/C11H7BrN2O3/c12-7-1-3-8(4-2-7)14-6-5-13-9(10(14)15)11(16)17/h1-6H,(H,16,17). The van der Waals surface area contributed by atoms with Crippen molar-refractivity contribution in [1.29, 1.82) is 0 Å². The van der Waals surface area contributed by atoms with Crippen molar-refractivity contribution in [2.45, 2.75) is 0 Å². The maximum absolute atomic E-state index is 11.8. The van der Waals surface area contributed by atoms with Gasteiger partial charge in [-0.2, -0.15) is 0 Å².